The normalized spacial score (nSPS) is 10.1. The van der Waals surface area contributed by atoms with Crippen LogP contribution in [0.3, 0.4) is 0 Å². The topological polar surface area (TPSA) is 55.6 Å². The third kappa shape index (κ3) is 4.10. The smallest absolute Gasteiger partial charge is 0.262 e. The van der Waals surface area contributed by atoms with E-state index >= 15 is 0 Å². The molecule has 0 saturated carbocycles. The van der Waals surface area contributed by atoms with E-state index < -0.39 is 0 Å². The lowest BCUT2D eigenvalue weighted by atomic mass is 10.1. The first-order chi connectivity index (χ1) is 7.09. The van der Waals surface area contributed by atoms with Crippen molar-refractivity contribution >= 4 is 5.91 Å². The maximum atomic E-state index is 11.1. The highest BCUT2D eigenvalue weighted by atomic mass is 16.5. The molecule has 15 heavy (non-hydrogen) atoms. The third-order valence-electron chi connectivity index (χ3n) is 1.97. The number of hydrazine groups is 1. The van der Waals surface area contributed by atoms with Gasteiger partial charge >= 0.3 is 0 Å². The van der Waals surface area contributed by atoms with Crippen molar-refractivity contribution in [1.82, 2.24) is 5.01 Å². The number of amides is 1. The zero-order valence-corrected chi connectivity index (χ0v) is 9.06. The molecule has 0 saturated heterocycles. The molecule has 82 valence electrons. The minimum Gasteiger partial charge on any atom is -0.367 e. The lowest BCUT2D eigenvalue weighted by Crippen LogP contribution is -2.35. The van der Waals surface area contributed by atoms with Crippen LogP contribution in [0, 0.1) is 6.92 Å². The number of hydrogen-bond acceptors (Lipinski definition) is 3. The summed E-state index contributed by atoms with van der Waals surface area (Å²) in [5, 5.41) is 1.02. The molecule has 1 aromatic carbocycles. The Bertz CT molecular complexity index is 337. The van der Waals surface area contributed by atoms with Crippen LogP contribution in [-0.4, -0.2) is 24.6 Å². The molecule has 0 spiro atoms. The summed E-state index contributed by atoms with van der Waals surface area (Å²) in [7, 11) is 1.50. The fourth-order valence-electron chi connectivity index (χ4n) is 1.16. The summed E-state index contributed by atoms with van der Waals surface area (Å²) in [6, 6.07) is 7.97. The van der Waals surface area contributed by atoms with Crippen LogP contribution in [0.1, 0.15) is 11.1 Å². The maximum Gasteiger partial charge on any atom is 0.262 e. The Hall–Kier alpha value is -1.39. The van der Waals surface area contributed by atoms with E-state index in [-0.39, 0.29) is 12.5 Å². The van der Waals surface area contributed by atoms with Crippen LogP contribution >= 0.6 is 0 Å². The Kier molecular flexibility index (Phi) is 4.27. The molecule has 1 rings (SSSR count). The molecule has 0 aromatic heterocycles. The van der Waals surface area contributed by atoms with Gasteiger partial charge in [0.1, 0.15) is 6.61 Å². The first-order valence-electron chi connectivity index (χ1n) is 4.74. The van der Waals surface area contributed by atoms with Gasteiger partial charge in [0, 0.05) is 7.05 Å². The number of nitrogens with two attached hydrogens (primary N) is 1. The first-order valence-corrected chi connectivity index (χ1v) is 4.74. The van der Waals surface area contributed by atoms with Crippen LogP contribution < -0.4 is 5.84 Å². The Balaban J connectivity index is 2.35. The lowest BCUT2D eigenvalue weighted by Gasteiger charge is -2.10. The number of carbonyl (C=O) groups excluding carboxylic acids is 1. The number of hydrogen-bond donors (Lipinski definition) is 1. The monoisotopic (exact) mass is 208 g/mol. The highest BCUT2D eigenvalue weighted by Gasteiger charge is 2.03. The molecule has 0 unspecified atom stereocenters. The predicted octanol–water partition coefficient (Wildman–Crippen LogP) is 0.844. The minimum absolute atomic E-state index is 0.0148. The van der Waals surface area contributed by atoms with E-state index in [4.69, 9.17) is 10.6 Å². The van der Waals surface area contributed by atoms with Crippen molar-refractivity contribution in [2.24, 2.45) is 5.84 Å². The fourth-order valence-corrected chi connectivity index (χ4v) is 1.16. The number of rotatable bonds is 4. The number of nitrogens with zero attached hydrogens (tertiary/aromatic N) is 1. The largest absolute Gasteiger partial charge is 0.367 e. The molecule has 0 atom stereocenters. The zero-order chi connectivity index (χ0) is 11.3. The van der Waals surface area contributed by atoms with E-state index in [9.17, 15) is 4.79 Å². The Morgan fingerprint density at radius 1 is 1.53 bits per heavy atom. The van der Waals surface area contributed by atoms with Crippen LogP contribution in [0.25, 0.3) is 0 Å². The van der Waals surface area contributed by atoms with Crippen molar-refractivity contribution < 1.29 is 9.53 Å². The average molecular weight is 208 g/mol. The van der Waals surface area contributed by atoms with Gasteiger partial charge in [-0.1, -0.05) is 29.8 Å². The van der Waals surface area contributed by atoms with Gasteiger partial charge in [0.25, 0.3) is 5.91 Å². The lowest BCUT2D eigenvalue weighted by molar-refractivity contribution is -0.135. The highest BCUT2D eigenvalue weighted by molar-refractivity contribution is 5.76. The van der Waals surface area contributed by atoms with Crippen molar-refractivity contribution in [3.05, 3.63) is 35.4 Å². The van der Waals surface area contributed by atoms with Crippen molar-refractivity contribution in [1.29, 1.82) is 0 Å². The van der Waals surface area contributed by atoms with Crippen molar-refractivity contribution in [2.45, 2.75) is 13.5 Å². The second kappa shape index (κ2) is 5.48. The maximum absolute atomic E-state index is 11.1. The minimum atomic E-state index is -0.234. The molecule has 0 aliphatic heterocycles. The molecule has 0 fully saturated rings. The molecule has 4 heteroatoms. The van der Waals surface area contributed by atoms with E-state index in [2.05, 4.69) is 0 Å². The summed E-state index contributed by atoms with van der Waals surface area (Å²) in [6.45, 7) is 2.46. The van der Waals surface area contributed by atoms with Gasteiger partial charge in [0.2, 0.25) is 0 Å². The van der Waals surface area contributed by atoms with Gasteiger partial charge in [0.05, 0.1) is 6.61 Å². The van der Waals surface area contributed by atoms with Crippen LogP contribution in [0.5, 0.6) is 0 Å². The second-order valence-electron chi connectivity index (χ2n) is 3.49. The van der Waals surface area contributed by atoms with Crippen molar-refractivity contribution in [3.63, 3.8) is 0 Å². The molecule has 0 bridgehead atoms. The van der Waals surface area contributed by atoms with Gasteiger partial charge in [-0.15, -0.1) is 0 Å². The summed E-state index contributed by atoms with van der Waals surface area (Å²) in [5.74, 6) is 5.01. The molecule has 0 heterocycles. The van der Waals surface area contributed by atoms with Gasteiger partial charge in [-0.25, -0.2) is 5.84 Å². The van der Waals surface area contributed by atoms with Crippen LogP contribution in [-0.2, 0) is 16.1 Å². The highest BCUT2D eigenvalue weighted by Crippen LogP contribution is 2.05. The molecular weight excluding hydrogens is 192 g/mol. The molecule has 0 radical (unpaired) electrons. The van der Waals surface area contributed by atoms with Crippen molar-refractivity contribution in [3.8, 4) is 0 Å². The SMILES string of the molecule is Cc1cccc(COCC(=O)N(C)N)c1. The molecule has 4 nitrogen and oxygen atoms in total. The van der Waals surface area contributed by atoms with E-state index in [1.807, 2.05) is 31.2 Å². The Morgan fingerprint density at radius 2 is 2.27 bits per heavy atom. The van der Waals surface area contributed by atoms with E-state index in [0.717, 1.165) is 10.6 Å². The zero-order valence-electron chi connectivity index (χ0n) is 9.06. The first kappa shape index (κ1) is 11.7. The summed E-state index contributed by atoms with van der Waals surface area (Å²) in [6.07, 6.45) is 0. The number of carbonyl (C=O) groups is 1. The number of likely N-dealkylation sites (N-methyl/N-ethyl adjacent to an activating group) is 1. The predicted molar refractivity (Wildman–Crippen MR) is 57.8 cm³/mol. The van der Waals surface area contributed by atoms with E-state index in [1.165, 1.54) is 12.6 Å². The Morgan fingerprint density at radius 3 is 2.87 bits per heavy atom. The molecule has 1 amide bonds. The quantitative estimate of drug-likeness (QED) is 0.453. The summed E-state index contributed by atoms with van der Waals surface area (Å²) >= 11 is 0. The second-order valence-corrected chi connectivity index (χ2v) is 3.49. The van der Waals surface area contributed by atoms with Gasteiger partial charge in [-0.2, -0.15) is 0 Å². The molecule has 1 aromatic rings. The molecule has 0 aliphatic carbocycles. The Labute approximate surface area is 89.6 Å². The number of benzene rings is 1. The summed E-state index contributed by atoms with van der Waals surface area (Å²) < 4.78 is 5.23. The molecule has 2 N–H and O–H groups in total. The van der Waals surface area contributed by atoms with Crippen molar-refractivity contribution in [2.75, 3.05) is 13.7 Å². The molecule has 0 aliphatic rings. The standard InChI is InChI=1S/C11H16N2O2/c1-9-4-3-5-10(6-9)7-15-8-11(14)13(2)12/h3-6H,7-8,12H2,1-2H3. The fraction of sp³-hybridized carbons (Fsp3) is 0.364. The van der Waals surface area contributed by atoms with Crippen LogP contribution in [0.2, 0.25) is 0 Å². The van der Waals surface area contributed by atoms with E-state index in [1.54, 1.807) is 0 Å². The van der Waals surface area contributed by atoms with Gasteiger partial charge in [-0.05, 0) is 12.5 Å². The average Bonchev–Trinajstić information content (AvgIpc) is 2.17. The number of ether oxygens (including phenoxy) is 1. The number of aryl methyl sites for hydroxylation is 1. The van der Waals surface area contributed by atoms with Crippen LogP contribution in [0.15, 0.2) is 24.3 Å². The summed E-state index contributed by atoms with van der Waals surface area (Å²) in [4.78, 5) is 11.1. The molecular formula is C11H16N2O2. The van der Waals surface area contributed by atoms with E-state index in [0.29, 0.717) is 6.61 Å². The van der Waals surface area contributed by atoms with Crippen LogP contribution in [0.4, 0.5) is 0 Å². The van der Waals surface area contributed by atoms with Gasteiger partial charge in [-0.3, -0.25) is 9.80 Å². The summed E-state index contributed by atoms with van der Waals surface area (Å²) in [5.41, 5.74) is 2.24. The third-order valence-corrected chi connectivity index (χ3v) is 1.97. The van der Waals surface area contributed by atoms with Gasteiger partial charge < -0.3 is 4.74 Å². The van der Waals surface area contributed by atoms with Gasteiger partial charge in [0.15, 0.2) is 0 Å².